The van der Waals surface area contributed by atoms with Gasteiger partial charge in [-0.2, -0.15) is 0 Å². The van der Waals surface area contributed by atoms with E-state index in [-0.39, 0.29) is 12.2 Å². The van der Waals surface area contributed by atoms with E-state index in [9.17, 15) is 0 Å². The molecule has 3 nitrogen and oxygen atoms in total. The van der Waals surface area contributed by atoms with E-state index >= 15 is 0 Å². The Kier molecular flexibility index (Phi) is 30.1. The number of likely N-dealkylation sites (tertiary alicyclic amines) is 1. The normalized spacial score (nSPS) is 18.2. The molecule has 0 aromatic carbocycles. The molecule has 0 aromatic heterocycles. The van der Waals surface area contributed by atoms with Gasteiger partial charge in [0.15, 0.2) is 0 Å². The first kappa shape index (κ1) is 42.4. The summed E-state index contributed by atoms with van der Waals surface area (Å²) in [5.41, 5.74) is 0. The summed E-state index contributed by atoms with van der Waals surface area (Å²) in [6, 6.07) is 0. The predicted octanol–water partition coefficient (Wildman–Crippen LogP) is 12.9. The van der Waals surface area contributed by atoms with Crippen LogP contribution >= 0.6 is 0 Å². The van der Waals surface area contributed by atoms with Gasteiger partial charge in [-0.3, -0.25) is 0 Å². The minimum absolute atomic E-state index is 0.275. The number of likely N-dealkylation sites (N-methyl/N-ethyl adjacent to an activating group) is 1. The Hall–Kier alpha value is -0.640. The van der Waals surface area contributed by atoms with Crippen molar-refractivity contribution in [1.29, 1.82) is 0 Å². The Morgan fingerprint density at radius 1 is 0.400 bits per heavy atom. The highest BCUT2D eigenvalue weighted by Crippen LogP contribution is 2.22. The van der Waals surface area contributed by atoms with Gasteiger partial charge in [0, 0.05) is 13.2 Å². The molecule has 0 bridgehead atoms. The topological polar surface area (TPSA) is 18.5 Å². The minimum Gasteiger partial charge on any atom is -0.369 e. The van der Waals surface area contributed by atoms with Gasteiger partial charge in [-0.05, 0) is 64.2 Å². The first-order valence-electron chi connectivity index (χ1n) is 20.4. The van der Waals surface area contributed by atoms with Crippen LogP contribution in [0.25, 0.3) is 0 Å². The molecule has 3 heteroatoms. The summed E-state index contributed by atoms with van der Waals surface area (Å²) in [5.74, 6) is 0. The van der Waals surface area contributed by atoms with Crippen LogP contribution in [0.5, 0.6) is 0 Å². The van der Waals surface area contributed by atoms with Crippen molar-refractivity contribution < 1.29 is 14.0 Å². The van der Waals surface area contributed by atoms with Crippen LogP contribution in [0.4, 0.5) is 0 Å². The maximum atomic E-state index is 6.40. The van der Waals surface area contributed by atoms with Gasteiger partial charge in [-0.25, -0.2) is 0 Å². The summed E-state index contributed by atoms with van der Waals surface area (Å²) in [6.07, 6.45) is 48.1. The Balaban J connectivity index is 1.93. The number of nitrogens with zero attached hydrogens (tertiary/aromatic N) is 1. The molecule has 266 valence electrons. The number of quaternary nitrogens is 1. The molecule has 0 radical (unpaired) electrons. The van der Waals surface area contributed by atoms with Crippen molar-refractivity contribution in [1.82, 2.24) is 0 Å². The number of ether oxygens (including phenoxy) is 2. The van der Waals surface area contributed by atoms with Gasteiger partial charge in [0.1, 0.15) is 25.3 Å². The smallest absolute Gasteiger partial charge is 0.138 e. The molecule has 0 amide bonds. The summed E-state index contributed by atoms with van der Waals surface area (Å²) < 4.78 is 13.8. The third-order valence-electron chi connectivity index (χ3n) is 9.74. The molecule has 0 N–H and O–H groups in total. The molecule has 0 spiro atoms. The molecular weight excluding hydrogens is 550 g/mol. The largest absolute Gasteiger partial charge is 0.369 e. The van der Waals surface area contributed by atoms with Crippen LogP contribution in [-0.2, 0) is 9.47 Å². The molecule has 0 unspecified atom stereocenters. The highest BCUT2D eigenvalue weighted by molar-refractivity contribution is 4.82. The van der Waals surface area contributed by atoms with E-state index in [1.165, 1.54) is 180 Å². The molecule has 1 heterocycles. The van der Waals surface area contributed by atoms with E-state index in [4.69, 9.17) is 9.47 Å². The van der Waals surface area contributed by atoms with Crippen LogP contribution in [0.1, 0.15) is 194 Å². The summed E-state index contributed by atoms with van der Waals surface area (Å²) in [5, 5.41) is 0. The monoisotopic (exact) mass is 633 g/mol. The average molecular weight is 633 g/mol. The van der Waals surface area contributed by atoms with Crippen LogP contribution < -0.4 is 0 Å². The number of unbranched alkanes of at least 4 members (excludes halogenated alkanes) is 24. The summed E-state index contributed by atoms with van der Waals surface area (Å²) in [7, 11) is 4.65. The molecule has 2 atom stereocenters. The van der Waals surface area contributed by atoms with Crippen molar-refractivity contribution in [2.24, 2.45) is 0 Å². The van der Waals surface area contributed by atoms with Crippen molar-refractivity contribution >= 4 is 0 Å². The molecular formula is C42H82NO2+. The van der Waals surface area contributed by atoms with Crippen molar-refractivity contribution in [2.75, 3.05) is 40.4 Å². The van der Waals surface area contributed by atoms with Crippen molar-refractivity contribution in [2.45, 2.75) is 206 Å². The van der Waals surface area contributed by atoms with E-state index in [2.05, 4.69) is 52.2 Å². The van der Waals surface area contributed by atoms with Gasteiger partial charge in [0.25, 0.3) is 0 Å². The maximum Gasteiger partial charge on any atom is 0.138 e. The Morgan fingerprint density at radius 3 is 0.978 bits per heavy atom. The lowest BCUT2D eigenvalue weighted by atomic mass is 10.1. The fourth-order valence-electron chi connectivity index (χ4n) is 6.77. The Labute approximate surface area is 284 Å². The molecule has 45 heavy (non-hydrogen) atoms. The van der Waals surface area contributed by atoms with Crippen LogP contribution in [0, 0.1) is 0 Å². The Morgan fingerprint density at radius 2 is 0.667 bits per heavy atom. The molecule has 0 aliphatic carbocycles. The zero-order chi connectivity index (χ0) is 32.5. The van der Waals surface area contributed by atoms with Crippen LogP contribution in [0.2, 0.25) is 0 Å². The van der Waals surface area contributed by atoms with Gasteiger partial charge in [0.05, 0.1) is 14.1 Å². The highest BCUT2D eigenvalue weighted by Gasteiger charge is 2.41. The highest BCUT2D eigenvalue weighted by atomic mass is 16.5. The SMILES string of the molecule is CCCCCCCC/C=C\CCCCCCCCO[C@@H]1C[N+](C)(C)C[C@H]1OCCCCCCCC/C=C\CCCCCCCC. The van der Waals surface area contributed by atoms with Gasteiger partial charge in [-0.15, -0.1) is 0 Å². The van der Waals surface area contributed by atoms with E-state index in [1.807, 2.05) is 0 Å². The second-order valence-corrected chi connectivity index (χ2v) is 15.0. The van der Waals surface area contributed by atoms with Gasteiger partial charge < -0.3 is 14.0 Å². The maximum absolute atomic E-state index is 6.40. The first-order chi connectivity index (χ1) is 22.1. The van der Waals surface area contributed by atoms with Gasteiger partial charge in [-0.1, -0.05) is 154 Å². The summed E-state index contributed by atoms with van der Waals surface area (Å²) >= 11 is 0. The third kappa shape index (κ3) is 28.1. The lowest BCUT2D eigenvalue weighted by Gasteiger charge is -2.22. The van der Waals surface area contributed by atoms with E-state index in [1.54, 1.807) is 0 Å². The van der Waals surface area contributed by atoms with E-state index in [0.29, 0.717) is 0 Å². The first-order valence-corrected chi connectivity index (χ1v) is 20.4. The van der Waals surface area contributed by atoms with E-state index in [0.717, 1.165) is 30.8 Å². The molecule has 1 rings (SSSR count). The molecule has 1 aliphatic heterocycles. The second-order valence-electron chi connectivity index (χ2n) is 15.0. The van der Waals surface area contributed by atoms with Gasteiger partial charge in [0.2, 0.25) is 0 Å². The van der Waals surface area contributed by atoms with E-state index < -0.39 is 0 Å². The number of hydrogen-bond donors (Lipinski definition) is 0. The molecule has 1 saturated heterocycles. The minimum atomic E-state index is 0.275. The van der Waals surface area contributed by atoms with Crippen molar-refractivity contribution in [3.05, 3.63) is 24.3 Å². The predicted molar refractivity (Wildman–Crippen MR) is 200 cm³/mol. The fraction of sp³-hybridized carbons (Fsp3) is 0.905. The van der Waals surface area contributed by atoms with Crippen molar-refractivity contribution in [3.8, 4) is 0 Å². The average Bonchev–Trinajstić information content (AvgIpc) is 3.32. The number of allylic oxidation sites excluding steroid dienone is 4. The number of hydrogen-bond acceptors (Lipinski definition) is 2. The third-order valence-corrected chi connectivity index (χ3v) is 9.74. The number of rotatable bonds is 34. The Bertz CT molecular complexity index is 603. The lowest BCUT2D eigenvalue weighted by Crippen LogP contribution is -2.38. The van der Waals surface area contributed by atoms with Crippen LogP contribution in [-0.4, -0.2) is 57.1 Å². The lowest BCUT2D eigenvalue weighted by molar-refractivity contribution is -0.880. The summed E-state index contributed by atoms with van der Waals surface area (Å²) in [6.45, 7) is 8.56. The molecule has 0 saturated carbocycles. The van der Waals surface area contributed by atoms with Crippen LogP contribution in [0.15, 0.2) is 24.3 Å². The zero-order valence-electron chi connectivity index (χ0n) is 31.4. The molecule has 1 fully saturated rings. The fourth-order valence-corrected chi connectivity index (χ4v) is 6.77. The molecule has 1 aliphatic rings. The molecule has 0 aromatic rings. The standard InChI is InChI=1S/C42H82NO2/c1-5-7-9-11-13-15-17-19-21-23-25-27-29-31-33-35-37-44-41-39-43(3,4)40-42(41)45-38-36-34-32-30-28-26-24-22-20-18-16-14-12-10-8-6-2/h19-22,41-42H,5-18,23-40H2,1-4H3/q+1/b21-19-,22-20-/t41-,42-/m1/s1. The van der Waals surface area contributed by atoms with Crippen molar-refractivity contribution in [3.63, 3.8) is 0 Å². The quantitative estimate of drug-likeness (QED) is 0.0399. The summed E-state index contributed by atoms with van der Waals surface area (Å²) in [4.78, 5) is 0. The van der Waals surface area contributed by atoms with Gasteiger partial charge >= 0.3 is 0 Å². The zero-order valence-corrected chi connectivity index (χ0v) is 31.4. The van der Waals surface area contributed by atoms with Crippen LogP contribution in [0.3, 0.4) is 0 Å². The second kappa shape index (κ2) is 31.9.